The van der Waals surface area contributed by atoms with Crippen molar-refractivity contribution in [1.29, 1.82) is 0 Å². The molecule has 0 nitrogen and oxygen atoms in total. The number of fused-ring (bicyclic) bond motifs is 3. The van der Waals surface area contributed by atoms with Gasteiger partial charge in [0.1, 0.15) is 0 Å². The first kappa shape index (κ1) is 24.5. The molecular formula is C21H22Cl2SiZr-2. The van der Waals surface area contributed by atoms with Crippen LogP contribution in [0.4, 0.5) is 0 Å². The molecule has 1 aliphatic carbocycles. The molecule has 0 atom stereocenters. The molecule has 25 heavy (non-hydrogen) atoms. The van der Waals surface area contributed by atoms with E-state index in [2.05, 4.69) is 80.7 Å². The third kappa shape index (κ3) is 7.71. The molecule has 0 aliphatic heterocycles. The van der Waals surface area contributed by atoms with Gasteiger partial charge in [0.05, 0.1) is 0 Å². The van der Waals surface area contributed by atoms with E-state index in [-0.39, 0.29) is 30.2 Å². The third-order valence-electron chi connectivity index (χ3n) is 3.43. The monoisotopic (exact) mass is 462 g/mol. The van der Waals surface area contributed by atoms with Crippen molar-refractivity contribution in [2.45, 2.75) is 26.4 Å². The van der Waals surface area contributed by atoms with Crippen molar-refractivity contribution >= 4 is 27.0 Å². The maximum atomic E-state index is 2.99. The zero-order chi connectivity index (χ0) is 16.7. The fourth-order valence-corrected chi connectivity index (χ4v) is 2.54. The summed E-state index contributed by atoms with van der Waals surface area (Å²) in [6.45, 7) is 6.79. The van der Waals surface area contributed by atoms with E-state index < -0.39 is 0 Å². The average Bonchev–Trinajstić information content (AvgIpc) is 3.18. The van der Waals surface area contributed by atoms with Crippen molar-refractivity contribution in [2.75, 3.05) is 0 Å². The van der Waals surface area contributed by atoms with Gasteiger partial charge in [-0.1, -0.05) is 35.9 Å². The first-order chi connectivity index (χ1) is 11.1. The summed E-state index contributed by atoms with van der Waals surface area (Å²) in [6.07, 6.45) is 10.0. The molecule has 0 saturated carbocycles. The van der Waals surface area contributed by atoms with Crippen LogP contribution in [0.1, 0.15) is 12.0 Å². The first-order valence-corrected chi connectivity index (χ1v) is 14.1. The van der Waals surface area contributed by atoms with E-state index in [0.717, 1.165) is 6.42 Å². The summed E-state index contributed by atoms with van der Waals surface area (Å²) in [4.78, 5) is 0. The van der Waals surface area contributed by atoms with Crippen molar-refractivity contribution in [3.8, 4) is 0 Å². The van der Waals surface area contributed by atoms with Crippen molar-refractivity contribution in [2.24, 2.45) is 0 Å². The summed E-state index contributed by atoms with van der Waals surface area (Å²) < 4.78 is 0. The van der Waals surface area contributed by atoms with E-state index in [4.69, 9.17) is 0 Å². The third-order valence-corrected chi connectivity index (χ3v) is 3.43. The Balaban J connectivity index is 0.000000443. The molecule has 3 aromatic rings. The number of halogens is 2. The summed E-state index contributed by atoms with van der Waals surface area (Å²) in [5.74, 6) is 0. The van der Waals surface area contributed by atoms with E-state index in [1.807, 2.05) is 12.2 Å². The smallest absolute Gasteiger partial charge is 0.0469 e. The van der Waals surface area contributed by atoms with E-state index in [0.29, 0.717) is 0 Å². The molecule has 0 saturated heterocycles. The fourth-order valence-electron chi connectivity index (χ4n) is 2.54. The molecule has 4 heteroatoms. The first-order valence-electron chi connectivity index (χ1n) is 7.87. The normalized spacial score (nSPS) is 10.9. The van der Waals surface area contributed by atoms with Crippen LogP contribution in [0.25, 0.3) is 21.5 Å². The Labute approximate surface area is 179 Å². The standard InChI is InChI=1S/C14H11.C5H5.C2H6Si.2ClH.Zr/c1-10-5-4-7-12-9-11-6-2-3-8-13(11)14(10)12;1-2-4-5-3-1;1-3-2;;;/h2-9H,1H3;1-3H,4H2;1-2H3;2*1H;/q2*-1;;;;+2/p-2. The molecule has 0 radical (unpaired) electrons. The van der Waals surface area contributed by atoms with Crippen molar-refractivity contribution in [3.63, 3.8) is 0 Å². The van der Waals surface area contributed by atoms with Gasteiger partial charge in [-0.3, -0.25) is 6.08 Å². The molecule has 0 amide bonds. The zero-order valence-corrected chi connectivity index (χ0v) is 19.8. The molecule has 0 unspecified atom stereocenters. The topological polar surface area (TPSA) is 0 Å². The van der Waals surface area contributed by atoms with Crippen molar-refractivity contribution < 1.29 is 48.1 Å². The minimum absolute atomic E-state index is 0. The number of hydrogen-bond donors (Lipinski definition) is 0. The number of rotatable bonds is 0. The number of aryl methyl sites for hydroxylation is 1. The SMILES string of the molecule is C[Si](C)=[Zr+2].Cc1cccc2[cH-]c3ccccc3c12.[C-]1=CC=CC1.[Cl-].[Cl-]. The molecule has 0 heterocycles. The summed E-state index contributed by atoms with van der Waals surface area (Å²) in [7, 11) is 0. The molecule has 0 fully saturated rings. The van der Waals surface area contributed by atoms with Crippen LogP contribution in [-0.4, -0.2) is 5.43 Å². The molecule has 0 aromatic heterocycles. The predicted octanol–water partition coefficient (Wildman–Crippen LogP) is 0.118. The molecule has 4 rings (SSSR count). The van der Waals surface area contributed by atoms with Gasteiger partial charge in [0.15, 0.2) is 0 Å². The van der Waals surface area contributed by atoms with E-state index in [1.54, 1.807) is 23.3 Å². The van der Waals surface area contributed by atoms with E-state index in [1.165, 1.54) is 27.1 Å². The Morgan fingerprint density at radius 1 is 1.00 bits per heavy atom. The molecule has 130 valence electrons. The van der Waals surface area contributed by atoms with Crippen LogP contribution in [0.5, 0.6) is 0 Å². The quantitative estimate of drug-likeness (QED) is 0.328. The second kappa shape index (κ2) is 12.8. The number of hydrogen-bond acceptors (Lipinski definition) is 0. The van der Waals surface area contributed by atoms with Gasteiger partial charge in [0, 0.05) is 0 Å². The summed E-state index contributed by atoms with van der Waals surface area (Å²) in [6, 6.07) is 17.3. The maximum absolute atomic E-state index is 2.99. The minimum Gasteiger partial charge on any atom is -1.00 e. The Morgan fingerprint density at radius 3 is 2.20 bits per heavy atom. The minimum atomic E-state index is 0. The Hall–Kier alpha value is -0.530. The summed E-state index contributed by atoms with van der Waals surface area (Å²) in [5, 5.41) is 5.48. The van der Waals surface area contributed by atoms with Crippen molar-refractivity contribution in [1.82, 2.24) is 0 Å². The number of benzene rings is 2. The summed E-state index contributed by atoms with van der Waals surface area (Å²) >= 11 is 1.74. The van der Waals surface area contributed by atoms with Gasteiger partial charge < -0.3 is 24.8 Å². The van der Waals surface area contributed by atoms with Crippen molar-refractivity contribution in [3.05, 3.63) is 78.4 Å². The van der Waals surface area contributed by atoms with Crippen LogP contribution in [0, 0.1) is 13.0 Å². The van der Waals surface area contributed by atoms with E-state index in [9.17, 15) is 0 Å². The van der Waals surface area contributed by atoms with Gasteiger partial charge in [-0.05, 0) is 6.92 Å². The fraction of sp³-hybridized carbons (Fsp3) is 0.190. The molecule has 1 aliphatic rings. The molecule has 0 N–H and O–H groups in total. The predicted molar refractivity (Wildman–Crippen MR) is 101 cm³/mol. The molecule has 0 spiro atoms. The largest absolute Gasteiger partial charge is 1.00 e. The number of allylic oxidation sites excluding steroid dienone is 4. The molecule has 0 bridgehead atoms. The Morgan fingerprint density at radius 2 is 1.64 bits per heavy atom. The summed E-state index contributed by atoms with van der Waals surface area (Å²) in [5.41, 5.74) is 1.57. The van der Waals surface area contributed by atoms with Gasteiger partial charge in [-0.25, -0.2) is 12.2 Å². The average molecular weight is 465 g/mol. The van der Waals surface area contributed by atoms with E-state index >= 15 is 0 Å². The van der Waals surface area contributed by atoms with Crippen LogP contribution in [0.15, 0.2) is 66.8 Å². The Kier molecular flexibility index (Phi) is 12.5. The van der Waals surface area contributed by atoms with Crippen LogP contribution in [0.2, 0.25) is 13.1 Å². The van der Waals surface area contributed by atoms with Gasteiger partial charge >= 0.3 is 41.9 Å². The van der Waals surface area contributed by atoms with Gasteiger partial charge in [-0.2, -0.15) is 6.08 Å². The van der Waals surface area contributed by atoms with Gasteiger partial charge in [0.25, 0.3) is 0 Å². The van der Waals surface area contributed by atoms with Crippen LogP contribution < -0.4 is 24.8 Å². The van der Waals surface area contributed by atoms with Crippen LogP contribution in [-0.2, 0) is 23.3 Å². The zero-order valence-electron chi connectivity index (χ0n) is 14.8. The van der Waals surface area contributed by atoms with Crippen LogP contribution in [0.3, 0.4) is 0 Å². The molecular weight excluding hydrogens is 442 g/mol. The second-order valence-electron chi connectivity index (χ2n) is 5.77. The molecule has 3 aromatic carbocycles. The van der Waals surface area contributed by atoms with Gasteiger partial charge in [-0.15, -0.1) is 46.2 Å². The second-order valence-corrected chi connectivity index (χ2v) is 15.1. The Bertz CT molecular complexity index is 849. The van der Waals surface area contributed by atoms with Gasteiger partial charge in [0.2, 0.25) is 0 Å². The van der Waals surface area contributed by atoms with Crippen LogP contribution >= 0.6 is 0 Å². The maximum Gasteiger partial charge on any atom is -0.0469 e.